The number of carbonyl (C=O) groups excluding carboxylic acids is 2. The van der Waals surface area contributed by atoms with Gasteiger partial charge in [0.15, 0.2) is 0 Å². The smallest absolute Gasteiger partial charge is 0.251 e. The summed E-state index contributed by atoms with van der Waals surface area (Å²) in [5, 5.41) is 5.93. The van der Waals surface area contributed by atoms with E-state index in [2.05, 4.69) is 10.6 Å². The highest BCUT2D eigenvalue weighted by atomic mass is 32.2. The number of hydrogen-bond donors (Lipinski definition) is 2. The number of hydrogen-bond acceptors (Lipinski definition) is 4. The van der Waals surface area contributed by atoms with Crippen LogP contribution in [0, 0.1) is 0 Å². The number of thioether (sulfide) groups is 1. The molecule has 2 amide bonds. The van der Waals surface area contributed by atoms with Crippen LogP contribution in [0.2, 0.25) is 0 Å². The van der Waals surface area contributed by atoms with Gasteiger partial charge >= 0.3 is 0 Å². The lowest BCUT2D eigenvalue weighted by Crippen LogP contribution is -2.49. The molecular weight excluding hydrogens is 298 g/mol. The minimum absolute atomic E-state index is 0.0328. The van der Waals surface area contributed by atoms with E-state index in [1.54, 1.807) is 23.9 Å². The van der Waals surface area contributed by atoms with Crippen molar-refractivity contribution in [3.8, 4) is 0 Å². The lowest BCUT2D eigenvalue weighted by atomic mass is 10.2. The molecule has 5 nitrogen and oxygen atoms in total. The van der Waals surface area contributed by atoms with Crippen LogP contribution in [0.3, 0.4) is 0 Å². The van der Waals surface area contributed by atoms with Crippen LogP contribution >= 0.6 is 11.8 Å². The molecular formula is C16H23N3O2S. The minimum atomic E-state index is -0.468. The van der Waals surface area contributed by atoms with E-state index in [0.717, 1.165) is 31.8 Å². The third-order valence-corrected chi connectivity index (χ3v) is 4.65. The van der Waals surface area contributed by atoms with Crippen molar-refractivity contribution in [1.29, 1.82) is 0 Å². The van der Waals surface area contributed by atoms with E-state index in [4.69, 9.17) is 0 Å². The molecule has 0 bridgehead atoms. The van der Waals surface area contributed by atoms with Gasteiger partial charge in [-0.15, -0.1) is 11.8 Å². The Hall–Kier alpha value is -1.53. The summed E-state index contributed by atoms with van der Waals surface area (Å²) in [5.41, 5.74) is 0.584. The van der Waals surface area contributed by atoms with Crippen molar-refractivity contribution in [2.75, 3.05) is 31.8 Å². The number of amides is 2. The SMILES string of the molecule is CNCSC[C@H](NC(=O)c1ccccc1)C(=O)N1CCCC1. The van der Waals surface area contributed by atoms with Crippen LogP contribution in [0.1, 0.15) is 23.2 Å². The number of carbonyl (C=O) groups is 2. The summed E-state index contributed by atoms with van der Waals surface area (Å²) in [5.74, 6) is 1.17. The number of rotatable bonds is 7. The molecule has 1 aromatic carbocycles. The molecule has 6 heteroatoms. The number of likely N-dealkylation sites (tertiary alicyclic amines) is 1. The van der Waals surface area contributed by atoms with E-state index >= 15 is 0 Å². The van der Waals surface area contributed by atoms with E-state index in [0.29, 0.717) is 11.3 Å². The first-order chi connectivity index (χ1) is 10.7. The van der Waals surface area contributed by atoms with E-state index in [9.17, 15) is 9.59 Å². The molecule has 1 saturated heterocycles. The molecule has 1 atom stereocenters. The quantitative estimate of drug-likeness (QED) is 0.587. The summed E-state index contributed by atoms with van der Waals surface area (Å²) < 4.78 is 0. The monoisotopic (exact) mass is 321 g/mol. The average Bonchev–Trinajstić information content (AvgIpc) is 3.08. The van der Waals surface area contributed by atoms with E-state index in [1.807, 2.05) is 30.1 Å². The lowest BCUT2D eigenvalue weighted by Gasteiger charge is -2.24. The fourth-order valence-corrected chi connectivity index (χ4v) is 3.23. The highest BCUT2D eigenvalue weighted by Crippen LogP contribution is 2.12. The first-order valence-corrected chi connectivity index (χ1v) is 8.75. The second-order valence-electron chi connectivity index (χ2n) is 5.29. The minimum Gasteiger partial charge on any atom is -0.341 e. The Bertz CT molecular complexity index is 489. The molecule has 0 spiro atoms. The van der Waals surface area contributed by atoms with Crippen molar-refractivity contribution in [3.63, 3.8) is 0 Å². The van der Waals surface area contributed by atoms with Crippen molar-refractivity contribution in [2.24, 2.45) is 0 Å². The zero-order valence-corrected chi connectivity index (χ0v) is 13.7. The molecule has 1 heterocycles. The van der Waals surface area contributed by atoms with Gasteiger partial charge in [-0.05, 0) is 32.0 Å². The normalized spacial score (nSPS) is 15.6. The maximum absolute atomic E-state index is 12.6. The first-order valence-electron chi connectivity index (χ1n) is 7.59. The molecule has 0 aliphatic carbocycles. The predicted molar refractivity (Wildman–Crippen MR) is 89.9 cm³/mol. The number of nitrogens with zero attached hydrogens (tertiary/aromatic N) is 1. The van der Waals surface area contributed by atoms with Crippen LogP contribution in [0.4, 0.5) is 0 Å². The van der Waals surface area contributed by atoms with Crippen LogP contribution in [-0.2, 0) is 4.79 Å². The molecule has 0 radical (unpaired) electrons. The Morgan fingerprint density at radius 3 is 2.55 bits per heavy atom. The summed E-state index contributed by atoms with van der Waals surface area (Å²) in [7, 11) is 1.87. The molecule has 22 heavy (non-hydrogen) atoms. The molecule has 1 aliphatic heterocycles. The Labute approximate surface area is 135 Å². The predicted octanol–water partition coefficient (Wildman–Crippen LogP) is 1.32. The molecule has 1 aliphatic rings. The molecule has 0 unspecified atom stereocenters. The maximum atomic E-state index is 12.6. The summed E-state index contributed by atoms with van der Waals surface area (Å²) >= 11 is 1.61. The third kappa shape index (κ3) is 4.74. The van der Waals surface area contributed by atoms with E-state index < -0.39 is 6.04 Å². The van der Waals surface area contributed by atoms with Crippen molar-refractivity contribution in [2.45, 2.75) is 18.9 Å². The van der Waals surface area contributed by atoms with Crippen LogP contribution in [-0.4, -0.2) is 54.5 Å². The second-order valence-corrected chi connectivity index (χ2v) is 6.32. The fourth-order valence-electron chi connectivity index (χ4n) is 2.44. The van der Waals surface area contributed by atoms with Crippen LogP contribution in [0.15, 0.2) is 30.3 Å². The van der Waals surface area contributed by atoms with Crippen molar-refractivity contribution < 1.29 is 9.59 Å². The fraction of sp³-hybridized carbons (Fsp3) is 0.500. The summed E-state index contributed by atoms with van der Waals surface area (Å²) in [6, 6.07) is 8.56. The zero-order valence-electron chi connectivity index (χ0n) is 12.9. The Morgan fingerprint density at radius 2 is 1.91 bits per heavy atom. The number of nitrogens with one attached hydrogen (secondary N) is 2. The van der Waals surface area contributed by atoms with Gasteiger partial charge in [0.2, 0.25) is 5.91 Å². The molecule has 0 aromatic heterocycles. The van der Waals surface area contributed by atoms with Gasteiger partial charge in [0, 0.05) is 30.3 Å². The Balaban J connectivity index is 1.99. The van der Waals surface area contributed by atoms with Gasteiger partial charge in [-0.1, -0.05) is 18.2 Å². The van der Waals surface area contributed by atoms with E-state index in [-0.39, 0.29) is 11.8 Å². The topological polar surface area (TPSA) is 61.4 Å². The average molecular weight is 321 g/mol. The molecule has 2 rings (SSSR count). The standard InChI is InChI=1S/C16H23N3O2S/c1-17-12-22-11-14(16(21)19-9-5-6-10-19)18-15(20)13-7-3-2-4-8-13/h2-4,7-8,14,17H,5-6,9-12H2,1H3,(H,18,20)/t14-/m0/s1. The van der Waals surface area contributed by atoms with Crippen molar-refractivity contribution >= 4 is 23.6 Å². The highest BCUT2D eigenvalue weighted by molar-refractivity contribution is 7.99. The van der Waals surface area contributed by atoms with Gasteiger partial charge < -0.3 is 15.5 Å². The third-order valence-electron chi connectivity index (χ3n) is 3.59. The highest BCUT2D eigenvalue weighted by Gasteiger charge is 2.27. The van der Waals surface area contributed by atoms with Gasteiger partial charge in [0.05, 0.1) is 0 Å². The summed E-state index contributed by atoms with van der Waals surface area (Å²) in [6.07, 6.45) is 2.10. The molecule has 0 saturated carbocycles. The van der Waals surface area contributed by atoms with Gasteiger partial charge in [-0.2, -0.15) is 0 Å². The van der Waals surface area contributed by atoms with Gasteiger partial charge in [-0.25, -0.2) is 0 Å². The van der Waals surface area contributed by atoms with Crippen LogP contribution < -0.4 is 10.6 Å². The largest absolute Gasteiger partial charge is 0.341 e. The van der Waals surface area contributed by atoms with Crippen molar-refractivity contribution in [3.05, 3.63) is 35.9 Å². The zero-order chi connectivity index (χ0) is 15.8. The number of benzene rings is 1. The van der Waals surface area contributed by atoms with Gasteiger partial charge in [0.25, 0.3) is 5.91 Å². The Morgan fingerprint density at radius 1 is 1.23 bits per heavy atom. The summed E-state index contributed by atoms with van der Waals surface area (Å²) in [6.45, 7) is 1.60. The molecule has 2 N–H and O–H groups in total. The molecule has 1 aromatic rings. The van der Waals surface area contributed by atoms with E-state index in [1.165, 1.54) is 0 Å². The molecule has 1 fully saturated rings. The second kappa shape index (κ2) is 8.80. The molecule has 120 valence electrons. The van der Waals surface area contributed by atoms with Gasteiger partial charge in [-0.3, -0.25) is 9.59 Å². The lowest BCUT2D eigenvalue weighted by molar-refractivity contribution is -0.131. The first kappa shape index (κ1) is 16.8. The Kier molecular flexibility index (Phi) is 6.74. The maximum Gasteiger partial charge on any atom is 0.251 e. The van der Waals surface area contributed by atoms with Crippen LogP contribution in [0.25, 0.3) is 0 Å². The summed E-state index contributed by atoms with van der Waals surface area (Å²) in [4.78, 5) is 26.7. The van der Waals surface area contributed by atoms with Crippen LogP contribution in [0.5, 0.6) is 0 Å². The van der Waals surface area contributed by atoms with Crippen molar-refractivity contribution in [1.82, 2.24) is 15.5 Å². The van der Waals surface area contributed by atoms with Gasteiger partial charge in [0.1, 0.15) is 6.04 Å².